The van der Waals surface area contributed by atoms with E-state index in [2.05, 4.69) is 15.9 Å². The predicted octanol–water partition coefficient (Wildman–Crippen LogP) is 4.93. The Morgan fingerprint density at radius 1 is 1.11 bits per heavy atom. The topological polar surface area (TPSA) is 33.4 Å². The first-order chi connectivity index (χ1) is 9.16. The molecule has 0 bridgehead atoms. The largest absolute Gasteiger partial charge is 0.456 e. The van der Waals surface area contributed by atoms with Crippen molar-refractivity contribution in [1.29, 1.82) is 0 Å². The Morgan fingerprint density at radius 2 is 1.89 bits per heavy atom. The van der Waals surface area contributed by atoms with Crippen LogP contribution in [0.25, 0.3) is 11.0 Å². The molecule has 2 aromatic carbocycles. The normalized spacial score (nSPS) is 12.8. The van der Waals surface area contributed by atoms with Gasteiger partial charge in [-0.3, -0.25) is 0 Å². The molecular formula is C15H10BrClO2. The molecule has 1 N–H and O–H groups in total. The second kappa shape index (κ2) is 5.00. The van der Waals surface area contributed by atoms with Crippen molar-refractivity contribution in [1.82, 2.24) is 0 Å². The molecule has 0 saturated carbocycles. The monoisotopic (exact) mass is 336 g/mol. The lowest BCUT2D eigenvalue weighted by atomic mass is 10.1. The fourth-order valence-corrected chi connectivity index (χ4v) is 2.75. The van der Waals surface area contributed by atoms with E-state index in [9.17, 15) is 5.11 Å². The van der Waals surface area contributed by atoms with Crippen molar-refractivity contribution in [3.8, 4) is 0 Å². The summed E-state index contributed by atoms with van der Waals surface area (Å²) >= 11 is 9.49. The van der Waals surface area contributed by atoms with Crippen LogP contribution in [0.15, 0.2) is 57.4 Å². The summed E-state index contributed by atoms with van der Waals surface area (Å²) in [5, 5.41) is 11.8. The molecule has 2 nitrogen and oxygen atoms in total. The maximum absolute atomic E-state index is 10.4. The van der Waals surface area contributed by atoms with Gasteiger partial charge in [0.05, 0.1) is 5.02 Å². The summed E-state index contributed by atoms with van der Waals surface area (Å²) in [5.41, 5.74) is 1.36. The van der Waals surface area contributed by atoms with Crippen LogP contribution in [0, 0.1) is 0 Å². The van der Waals surface area contributed by atoms with Crippen molar-refractivity contribution >= 4 is 38.5 Å². The van der Waals surface area contributed by atoms with E-state index in [4.69, 9.17) is 16.0 Å². The molecule has 0 spiro atoms. The van der Waals surface area contributed by atoms with Crippen LogP contribution >= 0.6 is 27.5 Å². The minimum Gasteiger partial charge on any atom is -0.456 e. The van der Waals surface area contributed by atoms with Gasteiger partial charge in [-0.05, 0) is 18.2 Å². The Labute approximate surface area is 123 Å². The Balaban J connectivity index is 2.10. The van der Waals surface area contributed by atoms with Crippen LogP contribution < -0.4 is 0 Å². The average Bonchev–Trinajstić information content (AvgIpc) is 2.84. The van der Waals surface area contributed by atoms with Crippen molar-refractivity contribution in [3.05, 3.63) is 69.3 Å². The smallest absolute Gasteiger partial charge is 0.153 e. The molecule has 1 atom stereocenters. The number of furan rings is 1. The van der Waals surface area contributed by atoms with Gasteiger partial charge >= 0.3 is 0 Å². The highest BCUT2D eigenvalue weighted by Crippen LogP contribution is 2.34. The summed E-state index contributed by atoms with van der Waals surface area (Å²) in [7, 11) is 0. The highest BCUT2D eigenvalue weighted by Gasteiger charge is 2.18. The quantitative estimate of drug-likeness (QED) is 0.719. The number of aliphatic hydroxyl groups excluding tert-OH is 1. The first-order valence-corrected chi connectivity index (χ1v) is 6.94. The van der Waals surface area contributed by atoms with E-state index in [0.29, 0.717) is 16.4 Å². The van der Waals surface area contributed by atoms with Crippen LogP contribution in [0.2, 0.25) is 5.02 Å². The molecule has 1 heterocycles. The molecule has 0 amide bonds. The SMILES string of the molecule is OC(c1cc2cccc(Cl)c2o1)c1ccccc1Br. The number of halogens is 2. The molecule has 4 heteroatoms. The number of hydrogen-bond donors (Lipinski definition) is 1. The van der Waals surface area contributed by atoms with Crippen LogP contribution in [0.5, 0.6) is 0 Å². The molecule has 0 radical (unpaired) electrons. The van der Waals surface area contributed by atoms with E-state index in [-0.39, 0.29) is 0 Å². The number of fused-ring (bicyclic) bond motifs is 1. The molecule has 0 saturated heterocycles. The molecule has 3 rings (SSSR count). The lowest BCUT2D eigenvalue weighted by Gasteiger charge is -2.09. The molecule has 0 aliphatic rings. The first-order valence-electron chi connectivity index (χ1n) is 5.77. The zero-order valence-corrected chi connectivity index (χ0v) is 12.1. The highest BCUT2D eigenvalue weighted by atomic mass is 79.9. The van der Waals surface area contributed by atoms with Crippen molar-refractivity contribution in [2.24, 2.45) is 0 Å². The van der Waals surface area contributed by atoms with Gasteiger partial charge in [0.15, 0.2) is 5.58 Å². The van der Waals surface area contributed by atoms with Crippen LogP contribution in [0.4, 0.5) is 0 Å². The van der Waals surface area contributed by atoms with Gasteiger partial charge in [-0.25, -0.2) is 0 Å². The van der Waals surface area contributed by atoms with Crippen molar-refractivity contribution in [2.45, 2.75) is 6.10 Å². The average molecular weight is 338 g/mol. The first kappa shape index (κ1) is 12.7. The minimum absolute atomic E-state index is 0.481. The number of hydrogen-bond acceptors (Lipinski definition) is 2. The number of benzene rings is 2. The van der Waals surface area contributed by atoms with E-state index in [0.717, 1.165) is 15.4 Å². The minimum atomic E-state index is -0.820. The van der Waals surface area contributed by atoms with Gasteiger partial charge in [0, 0.05) is 15.4 Å². The summed E-state index contributed by atoms with van der Waals surface area (Å²) < 4.78 is 6.51. The second-order valence-electron chi connectivity index (χ2n) is 4.23. The number of rotatable bonds is 2. The molecule has 0 fully saturated rings. The molecular weight excluding hydrogens is 328 g/mol. The predicted molar refractivity (Wildman–Crippen MR) is 79.4 cm³/mol. The summed E-state index contributed by atoms with van der Waals surface area (Å²) in [5.74, 6) is 0.481. The van der Waals surface area contributed by atoms with Crippen molar-refractivity contribution < 1.29 is 9.52 Å². The van der Waals surface area contributed by atoms with Crippen molar-refractivity contribution in [2.75, 3.05) is 0 Å². The van der Waals surface area contributed by atoms with Crippen LogP contribution in [-0.4, -0.2) is 5.11 Å². The van der Waals surface area contributed by atoms with Crippen LogP contribution in [0.1, 0.15) is 17.4 Å². The molecule has 96 valence electrons. The molecule has 1 unspecified atom stereocenters. The fourth-order valence-electron chi connectivity index (χ4n) is 2.03. The van der Waals surface area contributed by atoms with Gasteiger partial charge in [0.25, 0.3) is 0 Å². The molecule has 0 aliphatic heterocycles. The van der Waals surface area contributed by atoms with Gasteiger partial charge in [-0.1, -0.05) is 57.9 Å². The maximum Gasteiger partial charge on any atom is 0.153 e. The standard InChI is InChI=1S/C15H10BrClO2/c16-11-6-2-1-5-10(11)14(18)13-8-9-4-3-7-12(17)15(9)19-13/h1-8,14,18H. The Kier molecular flexibility index (Phi) is 3.35. The highest BCUT2D eigenvalue weighted by molar-refractivity contribution is 9.10. The Bertz CT molecular complexity index is 736. The summed E-state index contributed by atoms with van der Waals surface area (Å²) in [4.78, 5) is 0. The number of aliphatic hydroxyl groups is 1. The van der Waals surface area contributed by atoms with Gasteiger partial charge in [0.2, 0.25) is 0 Å². The zero-order chi connectivity index (χ0) is 13.4. The Hall–Kier alpha value is -1.29. The van der Waals surface area contributed by atoms with Crippen molar-refractivity contribution in [3.63, 3.8) is 0 Å². The second-order valence-corrected chi connectivity index (χ2v) is 5.49. The van der Waals surface area contributed by atoms with Gasteiger partial charge in [-0.15, -0.1) is 0 Å². The van der Waals surface area contributed by atoms with Crippen LogP contribution in [0.3, 0.4) is 0 Å². The lowest BCUT2D eigenvalue weighted by molar-refractivity contribution is 0.191. The lowest BCUT2D eigenvalue weighted by Crippen LogP contribution is -1.98. The third kappa shape index (κ3) is 2.29. The number of para-hydroxylation sites is 1. The van der Waals surface area contributed by atoms with E-state index < -0.39 is 6.10 Å². The van der Waals surface area contributed by atoms with Gasteiger partial charge < -0.3 is 9.52 Å². The van der Waals surface area contributed by atoms with E-state index >= 15 is 0 Å². The maximum atomic E-state index is 10.4. The van der Waals surface area contributed by atoms with Gasteiger partial charge in [0.1, 0.15) is 11.9 Å². The molecule has 1 aromatic heterocycles. The van der Waals surface area contributed by atoms with E-state index in [1.165, 1.54) is 0 Å². The van der Waals surface area contributed by atoms with Gasteiger partial charge in [-0.2, -0.15) is 0 Å². The zero-order valence-electron chi connectivity index (χ0n) is 9.81. The molecule has 3 aromatic rings. The molecule has 0 aliphatic carbocycles. The van der Waals surface area contributed by atoms with E-state index in [1.54, 1.807) is 6.07 Å². The summed E-state index contributed by atoms with van der Waals surface area (Å²) in [6.45, 7) is 0. The van der Waals surface area contributed by atoms with E-state index in [1.807, 2.05) is 42.5 Å². The fraction of sp³-hybridized carbons (Fsp3) is 0.0667. The third-order valence-corrected chi connectivity index (χ3v) is 4.00. The summed E-state index contributed by atoms with van der Waals surface area (Å²) in [6, 6.07) is 14.8. The molecule has 19 heavy (non-hydrogen) atoms. The Morgan fingerprint density at radius 3 is 2.63 bits per heavy atom. The summed E-state index contributed by atoms with van der Waals surface area (Å²) in [6.07, 6.45) is -0.820. The van der Waals surface area contributed by atoms with Crippen LogP contribution in [-0.2, 0) is 0 Å². The third-order valence-electron chi connectivity index (χ3n) is 2.98.